The molecule has 0 aliphatic carbocycles. The summed E-state index contributed by atoms with van der Waals surface area (Å²) in [6, 6.07) is 0. The summed E-state index contributed by atoms with van der Waals surface area (Å²) < 4.78 is 0. The maximum absolute atomic E-state index is 5.75. The van der Waals surface area contributed by atoms with Crippen LogP contribution in [0.1, 0.15) is 34.6 Å². The molecule has 0 aromatic rings. The van der Waals surface area contributed by atoms with Gasteiger partial charge in [-0.2, -0.15) is 0 Å². The van der Waals surface area contributed by atoms with Crippen molar-refractivity contribution in [3.63, 3.8) is 0 Å². The number of nitrogens with one attached hydrogen (secondary N) is 1. The second-order valence-electron chi connectivity index (χ2n) is 2.71. The molecule has 1 aliphatic rings. The summed E-state index contributed by atoms with van der Waals surface area (Å²) in [6.07, 6.45) is 5.54. The standard InChI is InChI=1S/C9H14N3.2C2H6.U/c1-3-11-6-8-4-7(2)5-12-9(8)10;2*1-2;/h4-6,9,12H,1,3,10H2,2H3;2*1-2H3;/q-1;;;. The van der Waals surface area contributed by atoms with Gasteiger partial charge < -0.3 is 23.0 Å². The molecule has 3 nitrogen and oxygen atoms in total. The minimum absolute atomic E-state index is 0. The molecule has 1 atom stereocenters. The molecular weight excluding hydrogens is 436 g/mol. The Kier molecular flexibility index (Phi) is 20.8. The number of nitrogens with zero attached hydrogens (tertiary/aromatic N) is 1. The average molecular weight is 462 g/mol. The van der Waals surface area contributed by atoms with Gasteiger partial charge in [0.15, 0.2) is 0 Å². The molecule has 0 aromatic carbocycles. The van der Waals surface area contributed by atoms with Gasteiger partial charge in [-0.3, -0.25) is 0 Å². The molecule has 1 aliphatic heterocycles. The van der Waals surface area contributed by atoms with E-state index in [9.17, 15) is 0 Å². The first-order chi connectivity index (χ1) is 7.74. The van der Waals surface area contributed by atoms with Crippen LogP contribution in [0.2, 0.25) is 0 Å². The van der Waals surface area contributed by atoms with E-state index in [1.807, 2.05) is 46.9 Å². The zero-order valence-corrected chi connectivity index (χ0v) is 15.9. The molecule has 1 unspecified atom stereocenters. The number of rotatable bonds is 2. The molecule has 0 bridgehead atoms. The fourth-order valence-corrected chi connectivity index (χ4v) is 0.999. The van der Waals surface area contributed by atoms with Gasteiger partial charge in [-0.25, -0.2) is 0 Å². The zero-order chi connectivity index (χ0) is 13.0. The Morgan fingerprint density at radius 3 is 2.41 bits per heavy atom. The normalized spacial score (nSPS) is 17.2. The Balaban J connectivity index is -0.000000355. The van der Waals surface area contributed by atoms with E-state index >= 15 is 0 Å². The van der Waals surface area contributed by atoms with Gasteiger partial charge in [-0.05, 0) is 18.6 Å². The summed E-state index contributed by atoms with van der Waals surface area (Å²) in [5, 5.41) is 3.03. The second kappa shape index (κ2) is 16.0. The Hall–Kier alpha value is -0.0381. The zero-order valence-electron chi connectivity index (χ0n) is 11.7. The monoisotopic (exact) mass is 462 g/mol. The second-order valence-corrected chi connectivity index (χ2v) is 2.71. The third kappa shape index (κ3) is 10.8. The van der Waals surface area contributed by atoms with Gasteiger partial charge in [0, 0.05) is 49.1 Å². The van der Waals surface area contributed by atoms with Gasteiger partial charge >= 0.3 is 0 Å². The van der Waals surface area contributed by atoms with Crippen LogP contribution in [0, 0.1) is 38.0 Å². The van der Waals surface area contributed by atoms with Crippen molar-refractivity contribution < 1.29 is 31.1 Å². The fraction of sp³-hybridized carbons (Fsp3) is 0.538. The number of nitrogens with two attached hydrogens (primary N) is 1. The van der Waals surface area contributed by atoms with Crippen LogP contribution in [-0.4, -0.2) is 18.9 Å². The topological polar surface area (TPSA) is 50.4 Å². The van der Waals surface area contributed by atoms with Crippen molar-refractivity contribution in [1.29, 1.82) is 0 Å². The van der Waals surface area contributed by atoms with Gasteiger partial charge in [0.05, 0.1) is 0 Å². The van der Waals surface area contributed by atoms with Crippen molar-refractivity contribution in [3.05, 3.63) is 30.3 Å². The molecule has 0 spiro atoms. The van der Waals surface area contributed by atoms with Gasteiger partial charge in [-0.1, -0.05) is 34.2 Å². The summed E-state index contributed by atoms with van der Waals surface area (Å²) in [5.74, 6) is 0. The summed E-state index contributed by atoms with van der Waals surface area (Å²) in [6.45, 7) is 14.2. The number of allylic oxidation sites excluding steroid dienone is 2. The molecule has 0 saturated carbocycles. The summed E-state index contributed by atoms with van der Waals surface area (Å²) in [7, 11) is 0. The third-order valence-corrected chi connectivity index (χ3v) is 1.61. The fourth-order valence-electron chi connectivity index (χ4n) is 0.999. The van der Waals surface area contributed by atoms with Crippen LogP contribution in [0.4, 0.5) is 0 Å². The molecule has 98 valence electrons. The van der Waals surface area contributed by atoms with E-state index in [0.717, 1.165) is 11.1 Å². The first-order valence-corrected chi connectivity index (χ1v) is 5.93. The van der Waals surface area contributed by atoms with E-state index in [0.29, 0.717) is 6.54 Å². The molecule has 1 heterocycles. The molecule has 3 N–H and O–H groups in total. The van der Waals surface area contributed by atoms with Crippen molar-refractivity contribution in [3.8, 4) is 0 Å². The third-order valence-electron chi connectivity index (χ3n) is 1.61. The molecule has 4 heteroatoms. The number of dihydropyridines is 1. The maximum atomic E-state index is 5.75. The summed E-state index contributed by atoms with van der Waals surface area (Å²) >= 11 is 0. The van der Waals surface area contributed by atoms with Crippen molar-refractivity contribution in [2.75, 3.05) is 6.54 Å². The van der Waals surface area contributed by atoms with Crippen LogP contribution >= 0.6 is 0 Å². The first kappa shape index (κ1) is 22.2. The maximum Gasteiger partial charge on any atom is 0.102 e. The molecule has 0 radical (unpaired) electrons. The summed E-state index contributed by atoms with van der Waals surface area (Å²) in [5.41, 5.74) is 7.90. The predicted octanol–water partition coefficient (Wildman–Crippen LogP) is 2.66. The molecule has 0 saturated heterocycles. The SMILES string of the molecule is CC.CC.[CH2-]CN=CC1=CC(C)=CNC1N.[U]. The Morgan fingerprint density at radius 2 is 1.94 bits per heavy atom. The number of hydrogen-bond donors (Lipinski definition) is 2. The van der Waals surface area contributed by atoms with E-state index < -0.39 is 0 Å². The predicted molar refractivity (Wildman–Crippen MR) is 74.4 cm³/mol. The van der Waals surface area contributed by atoms with E-state index in [4.69, 9.17) is 5.73 Å². The molecule has 0 aromatic heterocycles. The molecule has 17 heavy (non-hydrogen) atoms. The molecule has 0 fully saturated rings. The van der Waals surface area contributed by atoms with Crippen molar-refractivity contribution in [2.24, 2.45) is 10.7 Å². The van der Waals surface area contributed by atoms with Gasteiger partial charge in [0.25, 0.3) is 0 Å². The van der Waals surface area contributed by atoms with Crippen molar-refractivity contribution in [2.45, 2.75) is 40.8 Å². The quantitative estimate of drug-likeness (QED) is 0.490. The largest absolute Gasteiger partial charge is 0.372 e. The van der Waals surface area contributed by atoms with Crippen molar-refractivity contribution in [1.82, 2.24) is 5.32 Å². The van der Waals surface area contributed by atoms with Crippen LogP contribution in [-0.2, 0) is 0 Å². The van der Waals surface area contributed by atoms with Crippen LogP contribution in [0.5, 0.6) is 0 Å². The molecule has 0 amide bonds. The van der Waals surface area contributed by atoms with E-state index in [2.05, 4.69) is 17.2 Å². The first-order valence-electron chi connectivity index (χ1n) is 5.93. The Morgan fingerprint density at radius 1 is 1.41 bits per heavy atom. The van der Waals surface area contributed by atoms with Gasteiger partial charge in [0.2, 0.25) is 0 Å². The smallest absolute Gasteiger partial charge is 0.102 e. The van der Waals surface area contributed by atoms with Crippen LogP contribution in [0.25, 0.3) is 0 Å². The van der Waals surface area contributed by atoms with E-state index in [1.165, 1.54) is 0 Å². The van der Waals surface area contributed by atoms with Gasteiger partial charge in [0.1, 0.15) is 6.17 Å². The molecule has 1 rings (SSSR count). The van der Waals surface area contributed by atoms with E-state index in [1.54, 1.807) is 6.21 Å². The average Bonchev–Trinajstić information content (AvgIpc) is 2.35. The number of aliphatic imine (C=N–C) groups is 1. The van der Waals surface area contributed by atoms with E-state index in [-0.39, 0.29) is 37.3 Å². The Bertz CT molecular complexity index is 245. The Labute approximate surface area is 130 Å². The molecular formula is C13H26N3U-. The van der Waals surface area contributed by atoms with Gasteiger partial charge in [-0.15, -0.1) is 0 Å². The van der Waals surface area contributed by atoms with Crippen LogP contribution in [0.15, 0.2) is 28.4 Å². The number of hydrogen-bond acceptors (Lipinski definition) is 3. The summed E-state index contributed by atoms with van der Waals surface area (Å²) in [4.78, 5) is 4.03. The minimum atomic E-state index is -0.135. The minimum Gasteiger partial charge on any atom is -0.372 e. The van der Waals surface area contributed by atoms with Crippen molar-refractivity contribution >= 4 is 6.21 Å². The van der Waals surface area contributed by atoms with Crippen LogP contribution < -0.4 is 11.1 Å². The van der Waals surface area contributed by atoms with Crippen LogP contribution in [0.3, 0.4) is 0 Å².